The van der Waals surface area contributed by atoms with Gasteiger partial charge in [0.1, 0.15) is 19.8 Å². The molecule has 1 heterocycles. The fourth-order valence-corrected chi connectivity index (χ4v) is 2.87. The maximum Gasteiger partial charge on any atom is 0.337 e. The number of benzene rings is 2. The van der Waals surface area contributed by atoms with Crippen LogP contribution in [0.25, 0.3) is 0 Å². The van der Waals surface area contributed by atoms with E-state index in [1.807, 2.05) is 0 Å². The number of carbonyl (C=O) groups is 3. The molecule has 1 N–H and O–H groups in total. The summed E-state index contributed by atoms with van der Waals surface area (Å²) in [6.45, 7) is 2.98. The molecule has 3 rings (SSSR count). The highest BCUT2D eigenvalue weighted by Crippen LogP contribution is 2.32. The van der Waals surface area contributed by atoms with Crippen LogP contribution in [0.5, 0.6) is 11.5 Å². The SMILES string of the molecule is CCN(CC(=O)Nc1ccc2c(c1)OCCO2)C(=O)c1ccc(C(=O)OC)cc1. The van der Waals surface area contributed by atoms with Crippen molar-refractivity contribution in [1.82, 2.24) is 4.90 Å². The number of amides is 2. The average Bonchev–Trinajstić information content (AvgIpc) is 2.76. The molecule has 0 fully saturated rings. The molecule has 0 saturated carbocycles. The van der Waals surface area contributed by atoms with Gasteiger partial charge in [0.15, 0.2) is 11.5 Å². The van der Waals surface area contributed by atoms with Gasteiger partial charge in [-0.1, -0.05) is 0 Å². The first kappa shape index (κ1) is 20.2. The first-order chi connectivity index (χ1) is 14.0. The van der Waals surface area contributed by atoms with Crippen molar-refractivity contribution >= 4 is 23.5 Å². The van der Waals surface area contributed by atoms with Crippen LogP contribution in [-0.4, -0.2) is 56.1 Å². The van der Waals surface area contributed by atoms with Crippen molar-refractivity contribution in [3.8, 4) is 11.5 Å². The molecule has 2 amide bonds. The highest BCUT2D eigenvalue weighted by molar-refractivity contribution is 6.00. The molecule has 1 aliphatic heterocycles. The number of anilines is 1. The van der Waals surface area contributed by atoms with Crippen molar-refractivity contribution in [2.24, 2.45) is 0 Å². The molecule has 0 aromatic heterocycles. The topological polar surface area (TPSA) is 94.2 Å². The lowest BCUT2D eigenvalue weighted by Crippen LogP contribution is -2.37. The van der Waals surface area contributed by atoms with E-state index in [1.54, 1.807) is 25.1 Å². The Kier molecular flexibility index (Phi) is 6.33. The predicted molar refractivity (Wildman–Crippen MR) is 105 cm³/mol. The maximum atomic E-state index is 12.7. The van der Waals surface area contributed by atoms with E-state index in [9.17, 15) is 14.4 Å². The normalized spacial score (nSPS) is 12.1. The van der Waals surface area contributed by atoms with Crippen molar-refractivity contribution in [3.05, 3.63) is 53.6 Å². The molecule has 1 aliphatic rings. The van der Waals surface area contributed by atoms with Crippen LogP contribution in [0.1, 0.15) is 27.6 Å². The van der Waals surface area contributed by atoms with Crippen molar-refractivity contribution in [3.63, 3.8) is 0 Å². The zero-order valence-corrected chi connectivity index (χ0v) is 16.3. The van der Waals surface area contributed by atoms with E-state index in [4.69, 9.17) is 9.47 Å². The van der Waals surface area contributed by atoms with Crippen LogP contribution in [0.4, 0.5) is 5.69 Å². The van der Waals surface area contributed by atoms with Crippen LogP contribution in [0.2, 0.25) is 0 Å². The second-order valence-electron chi connectivity index (χ2n) is 6.29. The number of nitrogens with one attached hydrogen (secondary N) is 1. The molecule has 152 valence electrons. The summed E-state index contributed by atoms with van der Waals surface area (Å²) in [6.07, 6.45) is 0. The van der Waals surface area contributed by atoms with Gasteiger partial charge in [-0.25, -0.2) is 4.79 Å². The molecule has 0 spiro atoms. The molecule has 8 heteroatoms. The summed E-state index contributed by atoms with van der Waals surface area (Å²) in [4.78, 5) is 38.1. The van der Waals surface area contributed by atoms with Crippen molar-refractivity contribution in [2.45, 2.75) is 6.92 Å². The Morgan fingerprint density at radius 2 is 1.66 bits per heavy atom. The molecule has 0 aliphatic carbocycles. The van der Waals surface area contributed by atoms with Gasteiger partial charge in [-0.3, -0.25) is 9.59 Å². The molecule has 2 aromatic rings. The Balaban J connectivity index is 1.63. The number of carbonyl (C=O) groups excluding carboxylic acids is 3. The summed E-state index contributed by atoms with van der Waals surface area (Å²) < 4.78 is 15.6. The molecule has 29 heavy (non-hydrogen) atoms. The summed E-state index contributed by atoms with van der Waals surface area (Å²) >= 11 is 0. The molecular formula is C21H22N2O6. The van der Waals surface area contributed by atoms with Crippen LogP contribution < -0.4 is 14.8 Å². The first-order valence-corrected chi connectivity index (χ1v) is 9.19. The van der Waals surface area contributed by atoms with Crippen LogP contribution in [0, 0.1) is 0 Å². The number of hydrogen-bond donors (Lipinski definition) is 1. The lowest BCUT2D eigenvalue weighted by Gasteiger charge is -2.21. The third-order valence-corrected chi connectivity index (χ3v) is 4.38. The third-order valence-electron chi connectivity index (χ3n) is 4.38. The Labute approximate surface area is 168 Å². The second kappa shape index (κ2) is 9.09. The van der Waals surface area contributed by atoms with E-state index >= 15 is 0 Å². The first-order valence-electron chi connectivity index (χ1n) is 9.19. The number of ether oxygens (including phenoxy) is 3. The van der Waals surface area contributed by atoms with Crippen LogP contribution in [0.3, 0.4) is 0 Å². The molecule has 0 atom stereocenters. The van der Waals surface area contributed by atoms with Gasteiger partial charge < -0.3 is 24.4 Å². The zero-order chi connectivity index (χ0) is 20.8. The Hall–Kier alpha value is -3.55. The molecule has 0 saturated heterocycles. The smallest absolute Gasteiger partial charge is 0.337 e. The second-order valence-corrected chi connectivity index (χ2v) is 6.29. The van der Waals surface area contributed by atoms with E-state index in [0.29, 0.717) is 48.1 Å². The monoisotopic (exact) mass is 398 g/mol. The number of methoxy groups -OCH3 is 1. The number of rotatable bonds is 6. The van der Waals surface area contributed by atoms with Crippen molar-refractivity contribution in [1.29, 1.82) is 0 Å². The summed E-state index contributed by atoms with van der Waals surface area (Å²) in [5.41, 5.74) is 1.29. The Morgan fingerprint density at radius 1 is 1.00 bits per heavy atom. The zero-order valence-electron chi connectivity index (χ0n) is 16.3. The summed E-state index contributed by atoms with van der Waals surface area (Å²) in [6, 6.07) is 11.2. The maximum absolute atomic E-state index is 12.7. The van der Waals surface area contributed by atoms with Gasteiger partial charge in [0.25, 0.3) is 5.91 Å². The van der Waals surface area contributed by atoms with E-state index < -0.39 is 5.97 Å². The van der Waals surface area contributed by atoms with Gasteiger partial charge in [-0.2, -0.15) is 0 Å². The molecule has 0 radical (unpaired) electrons. The largest absolute Gasteiger partial charge is 0.486 e. The van der Waals surface area contributed by atoms with Gasteiger partial charge >= 0.3 is 5.97 Å². The van der Waals surface area contributed by atoms with E-state index in [0.717, 1.165) is 0 Å². The fourth-order valence-electron chi connectivity index (χ4n) is 2.87. The van der Waals surface area contributed by atoms with Gasteiger partial charge in [0, 0.05) is 23.9 Å². The standard InChI is InChI=1S/C21H22N2O6/c1-3-23(20(25)14-4-6-15(7-5-14)21(26)27-2)13-19(24)22-16-8-9-17-18(12-16)29-11-10-28-17/h4-9,12H,3,10-11,13H2,1-2H3,(H,22,24). The third kappa shape index (κ3) is 4.84. The fraction of sp³-hybridized carbons (Fsp3) is 0.286. The number of fused-ring (bicyclic) bond motifs is 1. The van der Waals surface area contributed by atoms with Gasteiger partial charge in [0.05, 0.1) is 12.7 Å². The van der Waals surface area contributed by atoms with Crippen molar-refractivity contribution in [2.75, 3.05) is 38.7 Å². The number of esters is 1. The lowest BCUT2D eigenvalue weighted by atomic mass is 10.1. The predicted octanol–water partition coefficient (Wildman–Crippen LogP) is 2.35. The molecule has 0 bridgehead atoms. The number of hydrogen-bond acceptors (Lipinski definition) is 6. The highest BCUT2D eigenvalue weighted by atomic mass is 16.6. The number of likely N-dealkylation sites (N-methyl/N-ethyl adjacent to an activating group) is 1. The lowest BCUT2D eigenvalue weighted by molar-refractivity contribution is -0.116. The van der Waals surface area contributed by atoms with Crippen LogP contribution >= 0.6 is 0 Å². The molecule has 8 nitrogen and oxygen atoms in total. The Bertz CT molecular complexity index is 910. The molecular weight excluding hydrogens is 376 g/mol. The minimum absolute atomic E-state index is 0.109. The van der Waals surface area contributed by atoms with Crippen LogP contribution in [-0.2, 0) is 9.53 Å². The summed E-state index contributed by atoms with van der Waals surface area (Å²) in [5, 5.41) is 2.77. The van der Waals surface area contributed by atoms with E-state index in [-0.39, 0.29) is 18.4 Å². The number of nitrogens with zero attached hydrogens (tertiary/aromatic N) is 1. The Morgan fingerprint density at radius 3 is 2.31 bits per heavy atom. The quantitative estimate of drug-likeness (QED) is 0.751. The average molecular weight is 398 g/mol. The van der Waals surface area contributed by atoms with Crippen molar-refractivity contribution < 1.29 is 28.6 Å². The van der Waals surface area contributed by atoms with E-state index in [1.165, 1.54) is 36.3 Å². The molecule has 0 unspecified atom stereocenters. The highest BCUT2D eigenvalue weighted by Gasteiger charge is 2.19. The summed E-state index contributed by atoms with van der Waals surface area (Å²) in [5.74, 6) is 0.0950. The van der Waals surface area contributed by atoms with Gasteiger partial charge in [-0.15, -0.1) is 0 Å². The minimum atomic E-state index is -0.477. The summed E-state index contributed by atoms with van der Waals surface area (Å²) in [7, 11) is 1.29. The van der Waals surface area contributed by atoms with Gasteiger partial charge in [-0.05, 0) is 43.3 Å². The van der Waals surface area contributed by atoms with Crippen LogP contribution in [0.15, 0.2) is 42.5 Å². The minimum Gasteiger partial charge on any atom is -0.486 e. The van der Waals surface area contributed by atoms with E-state index in [2.05, 4.69) is 10.1 Å². The van der Waals surface area contributed by atoms with Gasteiger partial charge in [0.2, 0.25) is 5.91 Å². The molecule has 2 aromatic carbocycles.